The van der Waals surface area contributed by atoms with Crippen LogP contribution in [0.25, 0.3) is 10.8 Å². The predicted octanol–water partition coefficient (Wildman–Crippen LogP) is 2.86. The minimum atomic E-state index is 0.538. The fourth-order valence-electron chi connectivity index (χ4n) is 1.73. The summed E-state index contributed by atoms with van der Waals surface area (Å²) in [4.78, 5) is 0. The number of methoxy groups -OCH3 is 1. The van der Waals surface area contributed by atoms with Crippen molar-refractivity contribution in [3.63, 3.8) is 0 Å². The van der Waals surface area contributed by atoms with Crippen LogP contribution in [0.3, 0.4) is 0 Å². The van der Waals surface area contributed by atoms with Crippen LogP contribution in [0.2, 0.25) is 0 Å². The Morgan fingerprint density at radius 1 is 1.27 bits per heavy atom. The number of nitriles is 1. The first-order chi connectivity index (χ1) is 7.35. The predicted molar refractivity (Wildman–Crippen MR) is 59.4 cm³/mol. The van der Waals surface area contributed by atoms with E-state index in [0.717, 1.165) is 16.3 Å². The zero-order valence-corrected chi connectivity index (χ0v) is 8.53. The van der Waals surface area contributed by atoms with Crippen LogP contribution < -0.4 is 0 Å². The van der Waals surface area contributed by atoms with Gasteiger partial charge in [0.05, 0.1) is 18.2 Å². The third kappa shape index (κ3) is 1.83. The highest BCUT2D eigenvalue weighted by atomic mass is 16.5. The van der Waals surface area contributed by atoms with E-state index < -0.39 is 0 Å². The van der Waals surface area contributed by atoms with Gasteiger partial charge in [0, 0.05) is 7.11 Å². The molecule has 0 fully saturated rings. The van der Waals surface area contributed by atoms with E-state index in [0.29, 0.717) is 12.2 Å². The fourth-order valence-corrected chi connectivity index (χ4v) is 1.73. The van der Waals surface area contributed by atoms with Crippen molar-refractivity contribution in [2.75, 3.05) is 7.11 Å². The topological polar surface area (TPSA) is 33.0 Å². The molecule has 15 heavy (non-hydrogen) atoms. The molecule has 0 heterocycles. The lowest BCUT2D eigenvalue weighted by atomic mass is 10.0. The highest BCUT2D eigenvalue weighted by molar-refractivity contribution is 5.87. The van der Waals surface area contributed by atoms with Crippen LogP contribution in [-0.2, 0) is 11.3 Å². The maximum absolute atomic E-state index is 8.90. The van der Waals surface area contributed by atoms with Crippen LogP contribution in [0.5, 0.6) is 0 Å². The van der Waals surface area contributed by atoms with Gasteiger partial charge in [0.2, 0.25) is 0 Å². The first-order valence-electron chi connectivity index (χ1n) is 4.76. The van der Waals surface area contributed by atoms with Gasteiger partial charge in [-0.25, -0.2) is 0 Å². The van der Waals surface area contributed by atoms with Crippen LogP contribution in [0, 0.1) is 11.3 Å². The maximum Gasteiger partial charge on any atom is 0.0991 e. The molecule has 0 bridgehead atoms. The summed E-state index contributed by atoms with van der Waals surface area (Å²) in [5.41, 5.74) is 1.74. The minimum Gasteiger partial charge on any atom is -0.380 e. The van der Waals surface area contributed by atoms with E-state index >= 15 is 0 Å². The Morgan fingerprint density at radius 2 is 2.07 bits per heavy atom. The smallest absolute Gasteiger partial charge is 0.0991 e. The van der Waals surface area contributed by atoms with Crippen molar-refractivity contribution < 1.29 is 4.74 Å². The number of nitrogens with zero attached hydrogens (tertiary/aromatic N) is 1. The molecule has 0 aliphatic heterocycles. The first-order valence-corrected chi connectivity index (χ1v) is 4.76. The van der Waals surface area contributed by atoms with Gasteiger partial charge < -0.3 is 4.74 Å². The van der Waals surface area contributed by atoms with Crippen molar-refractivity contribution in [2.45, 2.75) is 6.61 Å². The highest BCUT2D eigenvalue weighted by Crippen LogP contribution is 2.21. The molecule has 2 aromatic carbocycles. The first kappa shape index (κ1) is 9.70. The second-order valence-corrected chi connectivity index (χ2v) is 3.40. The van der Waals surface area contributed by atoms with Gasteiger partial charge in [-0.3, -0.25) is 0 Å². The van der Waals surface area contributed by atoms with E-state index in [1.807, 2.05) is 36.4 Å². The van der Waals surface area contributed by atoms with Gasteiger partial charge in [0.1, 0.15) is 0 Å². The summed E-state index contributed by atoms with van der Waals surface area (Å²) >= 11 is 0. The molecule has 0 aliphatic carbocycles. The molecule has 0 N–H and O–H groups in total. The zero-order valence-electron chi connectivity index (χ0n) is 8.53. The molecule has 0 amide bonds. The number of rotatable bonds is 2. The summed E-state index contributed by atoms with van der Waals surface area (Å²) < 4.78 is 5.13. The van der Waals surface area contributed by atoms with Gasteiger partial charge in [-0.2, -0.15) is 5.26 Å². The second-order valence-electron chi connectivity index (χ2n) is 3.40. The average Bonchev–Trinajstić information content (AvgIpc) is 2.29. The van der Waals surface area contributed by atoms with Gasteiger partial charge >= 0.3 is 0 Å². The van der Waals surface area contributed by atoms with Gasteiger partial charge in [0.25, 0.3) is 0 Å². The van der Waals surface area contributed by atoms with Gasteiger partial charge in [-0.15, -0.1) is 0 Å². The Morgan fingerprint density at radius 3 is 2.80 bits per heavy atom. The number of ether oxygens (including phenoxy) is 1. The van der Waals surface area contributed by atoms with Gasteiger partial charge in [-0.05, 0) is 28.5 Å². The number of fused-ring (bicyclic) bond motifs is 1. The van der Waals surface area contributed by atoms with Crippen molar-refractivity contribution in [1.29, 1.82) is 5.26 Å². The summed E-state index contributed by atoms with van der Waals surface area (Å²) in [5, 5.41) is 11.1. The van der Waals surface area contributed by atoms with Crippen molar-refractivity contribution >= 4 is 10.8 Å². The minimum absolute atomic E-state index is 0.538. The van der Waals surface area contributed by atoms with Crippen LogP contribution in [-0.4, -0.2) is 7.11 Å². The molecule has 2 heteroatoms. The Balaban J connectivity index is 2.70. The molecule has 74 valence electrons. The fraction of sp³-hybridized carbons (Fsp3) is 0.154. The van der Waals surface area contributed by atoms with E-state index in [1.54, 1.807) is 7.11 Å². The summed E-state index contributed by atoms with van der Waals surface area (Å²) in [7, 11) is 1.66. The third-order valence-electron chi connectivity index (χ3n) is 2.38. The Bertz CT molecular complexity index is 526. The number of hydrogen-bond donors (Lipinski definition) is 0. The lowest BCUT2D eigenvalue weighted by Crippen LogP contribution is -1.91. The average molecular weight is 197 g/mol. The number of hydrogen-bond acceptors (Lipinski definition) is 2. The molecule has 0 saturated heterocycles. The van der Waals surface area contributed by atoms with Gasteiger partial charge in [0.15, 0.2) is 0 Å². The summed E-state index contributed by atoms with van der Waals surface area (Å²) in [6.45, 7) is 0.538. The molecule has 2 rings (SSSR count). The van der Waals surface area contributed by atoms with Crippen molar-refractivity contribution in [3.8, 4) is 6.07 Å². The molecule has 0 radical (unpaired) electrons. The normalized spacial score (nSPS) is 10.1. The number of benzene rings is 2. The standard InChI is InChI=1S/C13H11NO/c1-15-9-12-7-10(8-14)6-11-4-2-3-5-13(11)12/h2-7H,9H2,1H3. The van der Waals surface area contributed by atoms with Crippen LogP contribution in [0.4, 0.5) is 0 Å². The summed E-state index contributed by atoms with van der Waals surface area (Å²) in [5.74, 6) is 0. The van der Waals surface area contributed by atoms with Crippen molar-refractivity contribution in [1.82, 2.24) is 0 Å². The molecular formula is C13H11NO. The zero-order chi connectivity index (χ0) is 10.7. The molecule has 0 unspecified atom stereocenters. The molecule has 0 atom stereocenters. The molecule has 2 nitrogen and oxygen atoms in total. The Labute approximate surface area is 88.7 Å². The van der Waals surface area contributed by atoms with Crippen LogP contribution >= 0.6 is 0 Å². The molecule has 0 spiro atoms. The molecule has 2 aromatic rings. The highest BCUT2D eigenvalue weighted by Gasteiger charge is 2.02. The van der Waals surface area contributed by atoms with Crippen molar-refractivity contribution in [3.05, 3.63) is 47.5 Å². The Hall–Kier alpha value is -1.85. The molecule has 0 aromatic heterocycles. The van der Waals surface area contributed by atoms with E-state index in [1.165, 1.54) is 0 Å². The lowest BCUT2D eigenvalue weighted by Gasteiger charge is -2.06. The SMILES string of the molecule is COCc1cc(C#N)cc2ccccc12. The van der Waals surface area contributed by atoms with Crippen LogP contribution in [0.15, 0.2) is 36.4 Å². The van der Waals surface area contributed by atoms with Crippen molar-refractivity contribution in [2.24, 2.45) is 0 Å². The molecular weight excluding hydrogens is 186 g/mol. The van der Waals surface area contributed by atoms with E-state index in [-0.39, 0.29) is 0 Å². The van der Waals surface area contributed by atoms with Crippen LogP contribution in [0.1, 0.15) is 11.1 Å². The monoisotopic (exact) mass is 197 g/mol. The largest absolute Gasteiger partial charge is 0.380 e. The molecule has 0 aliphatic rings. The Kier molecular flexibility index (Phi) is 2.66. The summed E-state index contributed by atoms with van der Waals surface area (Å²) in [6, 6.07) is 14.0. The van der Waals surface area contributed by atoms with E-state index in [2.05, 4.69) is 6.07 Å². The molecule has 0 saturated carbocycles. The third-order valence-corrected chi connectivity index (χ3v) is 2.38. The van der Waals surface area contributed by atoms with E-state index in [4.69, 9.17) is 10.00 Å². The van der Waals surface area contributed by atoms with Gasteiger partial charge in [-0.1, -0.05) is 24.3 Å². The maximum atomic E-state index is 8.90. The quantitative estimate of drug-likeness (QED) is 0.741. The summed E-state index contributed by atoms with van der Waals surface area (Å²) in [6.07, 6.45) is 0. The van der Waals surface area contributed by atoms with E-state index in [9.17, 15) is 0 Å². The second kappa shape index (κ2) is 4.12. The lowest BCUT2D eigenvalue weighted by molar-refractivity contribution is 0.186.